The van der Waals surface area contributed by atoms with Gasteiger partial charge < -0.3 is 4.90 Å². The largest absolute Gasteiger partial charge is 0.337 e. The van der Waals surface area contributed by atoms with Crippen molar-refractivity contribution in [1.29, 1.82) is 0 Å². The van der Waals surface area contributed by atoms with Crippen LogP contribution < -0.4 is 0 Å². The first-order valence-corrected chi connectivity index (χ1v) is 8.68. The second-order valence-electron chi connectivity index (χ2n) is 6.92. The van der Waals surface area contributed by atoms with Crippen LogP contribution in [0.1, 0.15) is 40.5 Å². The van der Waals surface area contributed by atoms with Gasteiger partial charge in [-0.05, 0) is 25.3 Å². The van der Waals surface area contributed by atoms with Crippen LogP contribution >= 0.6 is 0 Å². The minimum atomic E-state index is 0.0229. The zero-order valence-corrected chi connectivity index (χ0v) is 14.1. The predicted molar refractivity (Wildman–Crippen MR) is 90.7 cm³/mol. The summed E-state index contributed by atoms with van der Waals surface area (Å²) in [4.78, 5) is 16.6. The molecule has 2 aromatic rings. The van der Waals surface area contributed by atoms with Gasteiger partial charge in [-0.2, -0.15) is 0 Å². The molecular weight excluding hydrogens is 302 g/mol. The van der Waals surface area contributed by atoms with Crippen LogP contribution in [0.5, 0.6) is 0 Å². The number of amides is 1. The summed E-state index contributed by atoms with van der Waals surface area (Å²) in [5.41, 5.74) is 3.12. The van der Waals surface area contributed by atoms with E-state index in [9.17, 15) is 4.79 Å². The van der Waals surface area contributed by atoms with Crippen molar-refractivity contribution in [2.45, 2.75) is 32.4 Å². The molecule has 2 aliphatic heterocycles. The van der Waals surface area contributed by atoms with Crippen LogP contribution in [-0.2, 0) is 6.54 Å². The molecule has 0 bridgehead atoms. The quantitative estimate of drug-likeness (QED) is 0.861. The maximum absolute atomic E-state index is 12.3. The molecule has 0 unspecified atom stereocenters. The lowest BCUT2D eigenvalue weighted by Crippen LogP contribution is -2.47. The van der Waals surface area contributed by atoms with Gasteiger partial charge in [-0.3, -0.25) is 9.69 Å². The van der Waals surface area contributed by atoms with E-state index in [0.29, 0.717) is 11.7 Å². The van der Waals surface area contributed by atoms with E-state index < -0.39 is 0 Å². The summed E-state index contributed by atoms with van der Waals surface area (Å²) >= 11 is 0. The Morgan fingerprint density at radius 3 is 2.79 bits per heavy atom. The molecule has 0 radical (unpaired) electrons. The fourth-order valence-corrected chi connectivity index (χ4v) is 3.54. The third-order valence-electron chi connectivity index (χ3n) is 4.92. The summed E-state index contributed by atoms with van der Waals surface area (Å²) in [6.45, 7) is 6.69. The highest BCUT2D eigenvalue weighted by Crippen LogP contribution is 2.23. The molecule has 0 N–H and O–H groups in total. The Labute approximate surface area is 142 Å². The first-order chi connectivity index (χ1) is 11.7. The number of hydrogen-bond donors (Lipinski definition) is 0. The Morgan fingerprint density at radius 2 is 2.04 bits per heavy atom. The van der Waals surface area contributed by atoms with Gasteiger partial charge in [0.2, 0.25) is 0 Å². The summed E-state index contributed by atoms with van der Waals surface area (Å²) < 4.78 is 1.86. The average Bonchev–Trinajstić information content (AvgIpc) is 3.21. The fourth-order valence-electron chi connectivity index (χ4n) is 3.54. The van der Waals surface area contributed by atoms with Crippen LogP contribution in [0, 0.1) is 6.92 Å². The van der Waals surface area contributed by atoms with Crippen molar-refractivity contribution in [2.75, 3.05) is 26.2 Å². The highest BCUT2D eigenvalue weighted by Gasteiger charge is 2.30. The van der Waals surface area contributed by atoms with Crippen LogP contribution in [0.15, 0.2) is 30.5 Å². The minimum Gasteiger partial charge on any atom is -0.337 e. The molecule has 1 amide bonds. The van der Waals surface area contributed by atoms with Crippen LogP contribution in [0.3, 0.4) is 0 Å². The zero-order chi connectivity index (χ0) is 16.5. The molecule has 0 atom stereocenters. The number of likely N-dealkylation sites (tertiary alicyclic amines) is 2. The maximum atomic E-state index is 12.3. The number of carbonyl (C=O) groups excluding carboxylic acids is 1. The monoisotopic (exact) mass is 325 g/mol. The molecule has 0 aliphatic carbocycles. The van der Waals surface area contributed by atoms with Crippen LogP contribution in [0.25, 0.3) is 0 Å². The van der Waals surface area contributed by atoms with Gasteiger partial charge in [-0.25, -0.2) is 4.68 Å². The van der Waals surface area contributed by atoms with E-state index in [2.05, 4.69) is 46.4 Å². The van der Waals surface area contributed by atoms with Gasteiger partial charge in [-0.15, -0.1) is 5.10 Å². The molecule has 1 aromatic carbocycles. The van der Waals surface area contributed by atoms with Crippen molar-refractivity contribution in [3.8, 4) is 0 Å². The first kappa shape index (κ1) is 15.3. The van der Waals surface area contributed by atoms with E-state index in [4.69, 9.17) is 0 Å². The van der Waals surface area contributed by atoms with Gasteiger partial charge in [0.15, 0.2) is 5.69 Å². The Morgan fingerprint density at radius 1 is 1.25 bits per heavy atom. The van der Waals surface area contributed by atoms with E-state index >= 15 is 0 Å². The molecule has 0 spiro atoms. The van der Waals surface area contributed by atoms with Crippen molar-refractivity contribution in [3.05, 3.63) is 47.3 Å². The minimum absolute atomic E-state index is 0.0229. The number of aryl methyl sites for hydroxylation is 1. The molecule has 4 rings (SSSR count). The number of carbonyl (C=O) groups is 1. The lowest BCUT2D eigenvalue weighted by atomic mass is 10.1. The number of nitrogens with zero attached hydrogens (tertiary/aromatic N) is 5. The Balaban J connectivity index is 1.33. The van der Waals surface area contributed by atoms with Gasteiger partial charge in [0, 0.05) is 32.7 Å². The third-order valence-corrected chi connectivity index (χ3v) is 4.92. The van der Waals surface area contributed by atoms with Crippen molar-refractivity contribution >= 4 is 5.91 Å². The van der Waals surface area contributed by atoms with E-state index in [1.165, 1.54) is 11.1 Å². The van der Waals surface area contributed by atoms with E-state index in [1.807, 2.05) is 15.8 Å². The lowest BCUT2D eigenvalue weighted by Gasteiger charge is -2.38. The van der Waals surface area contributed by atoms with Gasteiger partial charge in [-0.1, -0.05) is 35.0 Å². The van der Waals surface area contributed by atoms with Crippen LogP contribution in [0.4, 0.5) is 0 Å². The van der Waals surface area contributed by atoms with Gasteiger partial charge in [0.1, 0.15) is 0 Å². The average molecular weight is 325 g/mol. The van der Waals surface area contributed by atoms with Gasteiger partial charge >= 0.3 is 0 Å². The molecule has 3 heterocycles. The SMILES string of the molecule is Cc1cccc(CN2CC(n3cc(C(=O)N4CCCC4)nn3)C2)c1. The molecule has 6 heteroatoms. The standard InChI is InChI=1S/C18H23N5O/c1-14-5-4-6-15(9-14)10-21-11-16(12-21)23-13-17(19-20-23)18(24)22-7-2-3-8-22/h4-6,9,13,16H,2-3,7-8,10-12H2,1H3. The molecule has 2 saturated heterocycles. The summed E-state index contributed by atoms with van der Waals surface area (Å²) in [5, 5.41) is 8.27. The molecule has 24 heavy (non-hydrogen) atoms. The number of aromatic nitrogens is 3. The van der Waals surface area contributed by atoms with Crippen molar-refractivity contribution in [3.63, 3.8) is 0 Å². The number of benzene rings is 1. The van der Waals surface area contributed by atoms with Gasteiger partial charge in [0.05, 0.1) is 12.2 Å². The normalized spacial score (nSPS) is 18.8. The Kier molecular flexibility index (Phi) is 4.06. The Bertz CT molecular complexity index is 729. The lowest BCUT2D eigenvalue weighted by molar-refractivity contribution is 0.0786. The highest BCUT2D eigenvalue weighted by molar-refractivity contribution is 5.92. The van der Waals surface area contributed by atoms with E-state index in [-0.39, 0.29) is 5.91 Å². The summed E-state index contributed by atoms with van der Waals surface area (Å²) in [6.07, 6.45) is 4.00. The molecule has 0 saturated carbocycles. The highest BCUT2D eigenvalue weighted by atomic mass is 16.2. The molecular formula is C18H23N5O. The fraction of sp³-hybridized carbons (Fsp3) is 0.500. The van der Waals surface area contributed by atoms with E-state index in [0.717, 1.165) is 45.6 Å². The topological polar surface area (TPSA) is 54.3 Å². The molecule has 2 fully saturated rings. The van der Waals surface area contributed by atoms with Crippen molar-refractivity contribution in [1.82, 2.24) is 24.8 Å². The third kappa shape index (κ3) is 3.06. The summed E-state index contributed by atoms with van der Waals surface area (Å²) in [7, 11) is 0. The number of rotatable bonds is 4. The number of hydrogen-bond acceptors (Lipinski definition) is 4. The summed E-state index contributed by atoms with van der Waals surface area (Å²) in [6, 6.07) is 8.95. The van der Waals surface area contributed by atoms with Crippen LogP contribution in [0.2, 0.25) is 0 Å². The predicted octanol–water partition coefficient (Wildman–Crippen LogP) is 1.88. The second-order valence-corrected chi connectivity index (χ2v) is 6.92. The molecule has 6 nitrogen and oxygen atoms in total. The van der Waals surface area contributed by atoms with Gasteiger partial charge in [0.25, 0.3) is 5.91 Å². The smallest absolute Gasteiger partial charge is 0.276 e. The second kappa shape index (κ2) is 6.36. The summed E-state index contributed by atoms with van der Waals surface area (Å²) in [5.74, 6) is 0.0229. The zero-order valence-electron chi connectivity index (χ0n) is 14.1. The van der Waals surface area contributed by atoms with E-state index in [1.54, 1.807) is 0 Å². The van der Waals surface area contributed by atoms with Crippen LogP contribution in [-0.4, -0.2) is 56.9 Å². The first-order valence-electron chi connectivity index (χ1n) is 8.68. The molecule has 2 aliphatic rings. The van der Waals surface area contributed by atoms with Crippen molar-refractivity contribution < 1.29 is 4.79 Å². The molecule has 1 aromatic heterocycles. The maximum Gasteiger partial charge on any atom is 0.276 e. The Hall–Kier alpha value is -2.21. The van der Waals surface area contributed by atoms with Crippen molar-refractivity contribution in [2.24, 2.45) is 0 Å². The molecule has 126 valence electrons.